The summed E-state index contributed by atoms with van der Waals surface area (Å²) in [5.74, 6) is 0.899. The molecule has 3 aliphatic rings. The van der Waals surface area contributed by atoms with Crippen molar-refractivity contribution in [1.29, 1.82) is 0 Å². The molecule has 1 aliphatic carbocycles. The molecule has 2 N–H and O–H groups in total. The third-order valence-corrected chi connectivity index (χ3v) is 6.57. The molecule has 2 aromatic rings. The molecule has 160 valence electrons. The van der Waals surface area contributed by atoms with Crippen LogP contribution in [0.4, 0.5) is 5.69 Å². The van der Waals surface area contributed by atoms with E-state index in [2.05, 4.69) is 35.6 Å². The van der Waals surface area contributed by atoms with Crippen LogP contribution in [0.5, 0.6) is 5.75 Å². The van der Waals surface area contributed by atoms with Gasteiger partial charge in [0.25, 0.3) is 0 Å². The Kier molecular flexibility index (Phi) is 5.44. The zero-order valence-electron chi connectivity index (χ0n) is 17.6. The van der Waals surface area contributed by atoms with Gasteiger partial charge in [0.15, 0.2) is 0 Å². The van der Waals surface area contributed by atoms with Crippen LogP contribution in [0, 0.1) is 0 Å². The number of benzene rings is 2. The predicted octanol–water partition coefficient (Wildman–Crippen LogP) is 4.23. The Bertz CT molecular complexity index is 871. The SMILES string of the molecule is CNc1ccc([C@H]2C[C@@H](O)CC3(CC3)O2)cc1Cc1ccc(OC2CCOC2)cc1. The van der Waals surface area contributed by atoms with Gasteiger partial charge in [0.05, 0.1) is 31.0 Å². The minimum atomic E-state index is -0.267. The molecule has 2 saturated heterocycles. The minimum Gasteiger partial charge on any atom is -0.488 e. The molecule has 1 saturated carbocycles. The van der Waals surface area contributed by atoms with Crippen molar-refractivity contribution in [3.05, 3.63) is 59.2 Å². The summed E-state index contributed by atoms with van der Waals surface area (Å²) in [6.45, 7) is 1.47. The first-order valence-electron chi connectivity index (χ1n) is 11.1. The van der Waals surface area contributed by atoms with Crippen molar-refractivity contribution in [3.8, 4) is 5.75 Å². The van der Waals surface area contributed by atoms with Crippen LogP contribution < -0.4 is 10.1 Å². The molecule has 0 radical (unpaired) electrons. The van der Waals surface area contributed by atoms with Gasteiger partial charge in [-0.25, -0.2) is 0 Å². The summed E-state index contributed by atoms with van der Waals surface area (Å²) in [5, 5.41) is 13.7. The predicted molar refractivity (Wildman–Crippen MR) is 116 cm³/mol. The topological polar surface area (TPSA) is 60.0 Å². The molecule has 3 atom stereocenters. The Morgan fingerprint density at radius 1 is 1.17 bits per heavy atom. The van der Waals surface area contributed by atoms with E-state index in [0.717, 1.165) is 55.7 Å². The lowest BCUT2D eigenvalue weighted by molar-refractivity contribution is -0.113. The van der Waals surface area contributed by atoms with Gasteiger partial charge in [-0.15, -0.1) is 0 Å². The second-order valence-electron chi connectivity index (χ2n) is 8.97. The van der Waals surface area contributed by atoms with Crippen LogP contribution in [0.1, 0.15) is 54.9 Å². The van der Waals surface area contributed by atoms with Crippen LogP contribution in [-0.4, -0.2) is 43.2 Å². The van der Waals surface area contributed by atoms with Crippen molar-refractivity contribution >= 4 is 5.69 Å². The second kappa shape index (κ2) is 8.22. The highest BCUT2D eigenvalue weighted by Gasteiger charge is 2.50. The summed E-state index contributed by atoms with van der Waals surface area (Å²) in [6.07, 6.45) is 5.28. The third kappa shape index (κ3) is 4.34. The highest BCUT2D eigenvalue weighted by molar-refractivity contribution is 5.54. The van der Waals surface area contributed by atoms with E-state index in [9.17, 15) is 5.11 Å². The molecule has 1 unspecified atom stereocenters. The number of nitrogens with one attached hydrogen (secondary N) is 1. The highest BCUT2D eigenvalue weighted by atomic mass is 16.5. The molecule has 30 heavy (non-hydrogen) atoms. The number of hydrogen-bond donors (Lipinski definition) is 2. The second-order valence-corrected chi connectivity index (χ2v) is 8.97. The zero-order chi connectivity index (χ0) is 20.6. The quantitative estimate of drug-likeness (QED) is 0.748. The first-order valence-corrected chi connectivity index (χ1v) is 11.1. The zero-order valence-corrected chi connectivity index (χ0v) is 17.6. The van der Waals surface area contributed by atoms with Crippen molar-refractivity contribution in [2.24, 2.45) is 0 Å². The summed E-state index contributed by atoms with van der Waals surface area (Å²) in [4.78, 5) is 0. The monoisotopic (exact) mass is 409 g/mol. The Labute approximate surface area is 178 Å². The molecular weight excluding hydrogens is 378 g/mol. The van der Waals surface area contributed by atoms with E-state index < -0.39 is 0 Å². The number of hydrogen-bond acceptors (Lipinski definition) is 5. The number of aliphatic hydroxyl groups excluding tert-OH is 1. The fraction of sp³-hybridized carbons (Fsp3) is 0.520. The van der Waals surface area contributed by atoms with E-state index in [0.29, 0.717) is 13.0 Å². The summed E-state index contributed by atoms with van der Waals surface area (Å²) >= 11 is 0. The van der Waals surface area contributed by atoms with E-state index in [1.165, 1.54) is 11.1 Å². The van der Waals surface area contributed by atoms with Gasteiger partial charge in [0.1, 0.15) is 11.9 Å². The van der Waals surface area contributed by atoms with Gasteiger partial charge in [-0.2, -0.15) is 0 Å². The Balaban J connectivity index is 1.31. The molecule has 5 heteroatoms. The van der Waals surface area contributed by atoms with Crippen LogP contribution in [0.3, 0.4) is 0 Å². The van der Waals surface area contributed by atoms with Gasteiger partial charge in [0, 0.05) is 32.0 Å². The Morgan fingerprint density at radius 2 is 2.00 bits per heavy atom. The largest absolute Gasteiger partial charge is 0.488 e. The van der Waals surface area contributed by atoms with Crippen molar-refractivity contribution in [1.82, 2.24) is 0 Å². The summed E-state index contributed by atoms with van der Waals surface area (Å²) in [6, 6.07) is 14.9. The van der Waals surface area contributed by atoms with Crippen LogP contribution in [-0.2, 0) is 15.9 Å². The van der Waals surface area contributed by atoms with Crippen LogP contribution in [0.25, 0.3) is 0 Å². The summed E-state index contributed by atoms with van der Waals surface area (Å²) in [7, 11) is 1.96. The standard InChI is InChI=1S/C25H31NO4/c1-26-23-7-4-18(24-14-20(27)15-25(30-24)9-10-25)13-19(23)12-17-2-5-21(6-3-17)29-22-8-11-28-16-22/h2-7,13,20,22,24,26-27H,8-12,14-16H2,1H3/t20-,22?,24-/m1/s1. The molecule has 2 aromatic carbocycles. The average Bonchev–Trinajstić information content (AvgIpc) is 3.27. The fourth-order valence-electron chi connectivity index (χ4n) is 4.73. The Morgan fingerprint density at radius 3 is 2.70 bits per heavy atom. The van der Waals surface area contributed by atoms with Crippen molar-refractivity contribution in [2.45, 2.75) is 62.4 Å². The van der Waals surface area contributed by atoms with Crippen LogP contribution in [0.2, 0.25) is 0 Å². The van der Waals surface area contributed by atoms with Crippen molar-refractivity contribution < 1.29 is 19.3 Å². The molecular formula is C25H31NO4. The molecule has 2 heterocycles. The molecule has 5 nitrogen and oxygen atoms in total. The van der Waals surface area contributed by atoms with Crippen LogP contribution in [0.15, 0.2) is 42.5 Å². The maximum atomic E-state index is 10.3. The number of aliphatic hydroxyl groups is 1. The normalized spacial score (nSPS) is 27.2. The van der Waals surface area contributed by atoms with E-state index in [1.54, 1.807) is 0 Å². The minimum absolute atomic E-state index is 0.0229. The third-order valence-electron chi connectivity index (χ3n) is 6.57. The van der Waals surface area contributed by atoms with E-state index in [4.69, 9.17) is 14.2 Å². The molecule has 2 aliphatic heterocycles. The summed E-state index contributed by atoms with van der Waals surface area (Å²) in [5.41, 5.74) is 4.70. The lowest BCUT2D eigenvalue weighted by atomic mass is 9.92. The molecule has 3 fully saturated rings. The van der Waals surface area contributed by atoms with Crippen molar-refractivity contribution in [3.63, 3.8) is 0 Å². The van der Waals surface area contributed by atoms with Crippen molar-refractivity contribution in [2.75, 3.05) is 25.6 Å². The molecule has 1 spiro atoms. The van der Waals surface area contributed by atoms with E-state index in [1.807, 2.05) is 19.2 Å². The highest BCUT2D eigenvalue weighted by Crippen LogP contribution is 2.51. The first-order chi connectivity index (χ1) is 14.6. The fourth-order valence-corrected chi connectivity index (χ4v) is 4.73. The summed E-state index contributed by atoms with van der Waals surface area (Å²) < 4.78 is 17.8. The molecule has 0 aromatic heterocycles. The number of anilines is 1. The molecule has 0 amide bonds. The molecule has 0 bridgehead atoms. The van der Waals surface area contributed by atoms with Gasteiger partial charge < -0.3 is 24.6 Å². The smallest absolute Gasteiger partial charge is 0.124 e. The van der Waals surface area contributed by atoms with E-state index in [-0.39, 0.29) is 23.9 Å². The van der Waals surface area contributed by atoms with Gasteiger partial charge in [0.2, 0.25) is 0 Å². The maximum Gasteiger partial charge on any atom is 0.124 e. The lowest BCUT2D eigenvalue weighted by Crippen LogP contribution is -2.32. The van der Waals surface area contributed by atoms with Gasteiger partial charge in [-0.1, -0.05) is 24.3 Å². The number of ether oxygens (including phenoxy) is 3. The van der Waals surface area contributed by atoms with Gasteiger partial charge in [-0.05, 0) is 54.2 Å². The average molecular weight is 410 g/mol. The lowest BCUT2D eigenvalue weighted by Gasteiger charge is -2.34. The van der Waals surface area contributed by atoms with Gasteiger partial charge >= 0.3 is 0 Å². The molecule has 5 rings (SSSR count). The number of rotatable bonds is 6. The van der Waals surface area contributed by atoms with Gasteiger partial charge in [-0.3, -0.25) is 0 Å². The Hall–Kier alpha value is -2.08. The maximum absolute atomic E-state index is 10.3. The van der Waals surface area contributed by atoms with Crippen LogP contribution >= 0.6 is 0 Å². The first kappa shape index (κ1) is 19.9. The van der Waals surface area contributed by atoms with E-state index >= 15 is 0 Å².